The lowest BCUT2D eigenvalue weighted by Gasteiger charge is -2.40. The van der Waals surface area contributed by atoms with Crippen LogP contribution in [0.15, 0.2) is 0 Å². The minimum atomic E-state index is -1.94. The molecule has 0 saturated carbocycles. The molecule has 6 heteroatoms. The summed E-state index contributed by atoms with van der Waals surface area (Å²) in [6.07, 6.45) is -2.34. The Hall–Kier alpha value is -0.240. The van der Waals surface area contributed by atoms with Crippen molar-refractivity contribution in [3.8, 4) is 0 Å². The molecule has 0 aliphatic carbocycles. The summed E-state index contributed by atoms with van der Waals surface area (Å²) in [7, 11) is 0. The van der Waals surface area contributed by atoms with Gasteiger partial charge in [0.25, 0.3) is 0 Å². The van der Waals surface area contributed by atoms with E-state index in [0.717, 1.165) is 0 Å². The fourth-order valence-corrected chi connectivity index (χ4v) is 2.54. The molecule has 5 unspecified atom stereocenters. The summed E-state index contributed by atoms with van der Waals surface area (Å²) in [5.41, 5.74) is -0.367. The van der Waals surface area contributed by atoms with Crippen LogP contribution in [0.3, 0.4) is 0 Å². The Morgan fingerprint density at radius 2 is 1.71 bits per heavy atom. The monoisotopic (exact) mass is 304 g/mol. The fraction of sp³-hybridized carbons (Fsp3) is 1.00. The number of hydrogen-bond acceptors (Lipinski definition) is 6. The van der Waals surface area contributed by atoms with E-state index >= 15 is 0 Å². The van der Waals surface area contributed by atoms with Crippen LogP contribution in [0.25, 0.3) is 0 Å². The first-order chi connectivity index (χ1) is 9.40. The van der Waals surface area contributed by atoms with E-state index in [1.807, 2.05) is 20.8 Å². The van der Waals surface area contributed by atoms with E-state index in [0.29, 0.717) is 6.42 Å². The summed E-state index contributed by atoms with van der Waals surface area (Å²) in [6, 6.07) is 0. The number of rotatable bonds is 3. The highest BCUT2D eigenvalue weighted by molar-refractivity contribution is 4.93. The normalized spacial score (nSPS) is 40.6. The second-order valence-corrected chi connectivity index (χ2v) is 8.07. The second kappa shape index (κ2) is 5.44. The van der Waals surface area contributed by atoms with Gasteiger partial charge in [0.1, 0.15) is 6.10 Å². The SMILES string of the molecule is CC(C)(C)CC1OC(COC(C)(C)C)C2(O)OC(O)C1O2. The molecular formula is C15H28O6. The van der Waals surface area contributed by atoms with Crippen LogP contribution in [0.5, 0.6) is 0 Å². The Kier molecular flexibility index (Phi) is 4.43. The third-order valence-electron chi connectivity index (χ3n) is 3.47. The molecule has 2 rings (SSSR count). The predicted molar refractivity (Wildman–Crippen MR) is 75.4 cm³/mol. The Balaban J connectivity index is 2.10. The maximum absolute atomic E-state index is 10.4. The van der Waals surface area contributed by atoms with E-state index in [1.54, 1.807) is 0 Å². The summed E-state index contributed by atoms with van der Waals surface area (Å²) in [5.74, 6) is -1.94. The first-order valence-corrected chi connectivity index (χ1v) is 7.45. The standard InChI is InChI=1S/C15H28O6/c1-13(2,3)7-9-11-12(16)21-15(17,20-11)10(19-9)8-18-14(4,5)6/h9-12,16-17H,7-8H2,1-6H3. The van der Waals surface area contributed by atoms with Crippen molar-refractivity contribution in [1.29, 1.82) is 0 Å². The number of fused-ring (bicyclic) bond motifs is 2. The average Bonchev–Trinajstić information content (AvgIpc) is 2.52. The zero-order valence-electron chi connectivity index (χ0n) is 13.8. The zero-order valence-corrected chi connectivity index (χ0v) is 13.8. The van der Waals surface area contributed by atoms with Gasteiger partial charge >= 0.3 is 5.97 Å². The summed E-state index contributed by atoms with van der Waals surface area (Å²) >= 11 is 0. The highest BCUT2D eigenvalue weighted by Crippen LogP contribution is 2.41. The Bertz CT molecular complexity index is 371. The molecule has 2 N–H and O–H groups in total. The molecule has 2 aliphatic rings. The quantitative estimate of drug-likeness (QED) is 0.820. The number of aliphatic hydroxyl groups is 2. The Morgan fingerprint density at radius 3 is 2.24 bits per heavy atom. The van der Waals surface area contributed by atoms with Gasteiger partial charge in [0, 0.05) is 0 Å². The smallest absolute Gasteiger partial charge is 0.313 e. The molecule has 2 saturated heterocycles. The van der Waals surface area contributed by atoms with Gasteiger partial charge in [-0.3, -0.25) is 4.74 Å². The van der Waals surface area contributed by atoms with E-state index in [9.17, 15) is 10.2 Å². The van der Waals surface area contributed by atoms with Crippen molar-refractivity contribution in [2.75, 3.05) is 6.61 Å². The molecule has 5 atom stereocenters. The lowest BCUT2D eigenvalue weighted by atomic mass is 9.87. The van der Waals surface area contributed by atoms with Gasteiger partial charge in [-0.1, -0.05) is 20.8 Å². The first-order valence-electron chi connectivity index (χ1n) is 7.45. The van der Waals surface area contributed by atoms with Crippen LogP contribution in [-0.4, -0.2) is 53.0 Å². The summed E-state index contributed by atoms with van der Waals surface area (Å²) in [6.45, 7) is 12.1. The summed E-state index contributed by atoms with van der Waals surface area (Å²) < 4.78 is 22.3. The molecule has 2 heterocycles. The van der Waals surface area contributed by atoms with Crippen molar-refractivity contribution in [2.45, 2.75) is 84.1 Å². The largest absolute Gasteiger partial charge is 0.373 e. The van der Waals surface area contributed by atoms with Crippen LogP contribution in [0, 0.1) is 5.41 Å². The van der Waals surface area contributed by atoms with Crippen molar-refractivity contribution in [3.63, 3.8) is 0 Å². The second-order valence-electron chi connectivity index (χ2n) is 8.07. The van der Waals surface area contributed by atoms with E-state index in [-0.39, 0.29) is 23.7 Å². The molecule has 0 radical (unpaired) electrons. The van der Waals surface area contributed by atoms with Crippen molar-refractivity contribution in [1.82, 2.24) is 0 Å². The van der Waals surface area contributed by atoms with Crippen LogP contribution in [0.4, 0.5) is 0 Å². The minimum Gasteiger partial charge on any atom is -0.373 e. The highest BCUT2D eigenvalue weighted by atomic mass is 16.9. The van der Waals surface area contributed by atoms with E-state index in [2.05, 4.69) is 20.8 Å². The summed E-state index contributed by atoms with van der Waals surface area (Å²) in [5, 5.41) is 20.3. The van der Waals surface area contributed by atoms with Gasteiger partial charge in [-0.15, -0.1) is 0 Å². The van der Waals surface area contributed by atoms with Crippen LogP contribution in [-0.2, 0) is 18.9 Å². The fourth-order valence-electron chi connectivity index (χ4n) is 2.54. The molecule has 6 nitrogen and oxygen atoms in total. The Morgan fingerprint density at radius 1 is 1.10 bits per heavy atom. The topological polar surface area (TPSA) is 77.4 Å². The molecule has 0 aromatic carbocycles. The predicted octanol–water partition coefficient (Wildman–Crippen LogP) is 1.39. The van der Waals surface area contributed by atoms with Gasteiger partial charge in [-0.05, 0) is 32.6 Å². The van der Waals surface area contributed by atoms with E-state index < -0.39 is 24.5 Å². The molecule has 21 heavy (non-hydrogen) atoms. The molecular weight excluding hydrogens is 276 g/mol. The van der Waals surface area contributed by atoms with E-state index in [4.69, 9.17) is 18.9 Å². The van der Waals surface area contributed by atoms with Gasteiger partial charge in [0.05, 0.1) is 18.3 Å². The van der Waals surface area contributed by atoms with Crippen LogP contribution < -0.4 is 0 Å². The third-order valence-corrected chi connectivity index (χ3v) is 3.47. The van der Waals surface area contributed by atoms with Crippen LogP contribution >= 0.6 is 0 Å². The van der Waals surface area contributed by atoms with Gasteiger partial charge in [-0.25, -0.2) is 0 Å². The molecule has 0 aromatic heterocycles. The van der Waals surface area contributed by atoms with Gasteiger partial charge in [0.2, 0.25) is 0 Å². The van der Waals surface area contributed by atoms with Crippen molar-refractivity contribution < 1.29 is 29.2 Å². The average molecular weight is 304 g/mol. The minimum absolute atomic E-state index is 0.00122. The maximum Gasteiger partial charge on any atom is 0.313 e. The molecule has 0 spiro atoms. The van der Waals surface area contributed by atoms with Gasteiger partial charge in [0.15, 0.2) is 12.4 Å². The molecule has 2 fully saturated rings. The van der Waals surface area contributed by atoms with Gasteiger partial charge < -0.3 is 24.4 Å². The van der Waals surface area contributed by atoms with Crippen LogP contribution in [0.2, 0.25) is 0 Å². The number of hydrogen-bond donors (Lipinski definition) is 2. The van der Waals surface area contributed by atoms with Crippen LogP contribution in [0.1, 0.15) is 48.0 Å². The molecule has 124 valence electrons. The molecule has 0 aromatic rings. The molecule has 2 aliphatic heterocycles. The first kappa shape index (κ1) is 17.1. The van der Waals surface area contributed by atoms with Gasteiger partial charge in [-0.2, -0.15) is 0 Å². The Labute approximate surface area is 126 Å². The lowest BCUT2D eigenvalue weighted by molar-refractivity contribution is -0.405. The summed E-state index contributed by atoms with van der Waals surface area (Å²) in [4.78, 5) is 0. The molecule has 2 bridgehead atoms. The number of aliphatic hydroxyl groups excluding tert-OH is 1. The van der Waals surface area contributed by atoms with Crippen molar-refractivity contribution in [2.24, 2.45) is 5.41 Å². The van der Waals surface area contributed by atoms with E-state index in [1.165, 1.54) is 0 Å². The third kappa shape index (κ3) is 4.15. The lowest BCUT2D eigenvalue weighted by Crippen LogP contribution is -2.56. The van der Waals surface area contributed by atoms with Crippen molar-refractivity contribution in [3.05, 3.63) is 0 Å². The zero-order chi connectivity index (χ0) is 16.1. The maximum atomic E-state index is 10.4. The van der Waals surface area contributed by atoms with Crippen molar-refractivity contribution >= 4 is 0 Å². The number of ether oxygens (including phenoxy) is 4. The highest BCUT2D eigenvalue weighted by Gasteiger charge is 2.60. The molecule has 0 amide bonds.